The van der Waals surface area contributed by atoms with Crippen molar-refractivity contribution in [1.82, 2.24) is 5.32 Å². The highest BCUT2D eigenvalue weighted by Crippen LogP contribution is 2.48. The van der Waals surface area contributed by atoms with Crippen LogP contribution in [0.1, 0.15) is 35.1 Å². The van der Waals surface area contributed by atoms with Crippen molar-refractivity contribution < 1.29 is 19.4 Å². The maximum absolute atomic E-state index is 12.6. The number of fused-ring (bicyclic) bond motifs is 1. The molecule has 2 aromatic carbocycles. The van der Waals surface area contributed by atoms with Gasteiger partial charge in [0.25, 0.3) is 0 Å². The van der Waals surface area contributed by atoms with Gasteiger partial charge in [-0.25, -0.2) is 4.79 Å². The zero-order valence-electron chi connectivity index (χ0n) is 13.9. The van der Waals surface area contributed by atoms with E-state index in [1.165, 1.54) is 0 Å². The Morgan fingerprint density at radius 2 is 2.08 bits per heavy atom. The molecule has 134 valence electrons. The Balaban J connectivity index is 1.47. The number of carboxylic acids is 1. The van der Waals surface area contributed by atoms with Gasteiger partial charge in [-0.3, -0.25) is 4.79 Å². The van der Waals surface area contributed by atoms with E-state index < -0.39 is 12.0 Å². The van der Waals surface area contributed by atoms with Crippen LogP contribution in [-0.4, -0.2) is 23.6 Å². The van der Waals surface area contributed by atoms with Crippen molar-refractivity contribution >= 4 is 23.5 Å². The first-order valence-corrected chi connectivity index (χ1v) is 8.95. The Bertz CT molecular complexity index is 882. The van der Waals surface area contributed by atoms with Crippen molar-refractivity contribution in [3.05, 3.63) is 64.2 Å². The van der Waals surface area contributed by atoms with Crippen LogP contribution >= 0.6 is 11.6 Å². The SMILES string of the molecule is O=C(O)C(NC(=O)C1CC1c1cccc(Cl)c1)c1ccc2c(c1)CCO2. The van der Waals surface area contributed by atoms with E-state index in [2.05, 4.69) is 5.32 Å². The predicted octanol–water partition coefficient (Wildman–Crippen LogP) is 3.32. The summed E-state index contributed by atoms with van der Waals surface area (Å²) in [6.07, 6.45) is 1.46. The largest absolute Gasteiger partial charge is 0.493 e. The van der Waals surface area contributed by atoms with Gasteiger partial charge in [-0.1, -0.05) is 29.8 Å². The van der Waals surface area contributed by atoms with E-state index in [-0.39, 0.29) is 17.7 Å². The second kappa shape index (κ2) is 6.65. The molecule has 26 heavy (non-hydrogen) atoms. The zero-order valence-corrected chi connectivity index (χ0v) is 14.7. The lowest BCUT2D eigenvalue weighted by Gasteiger charge is -2.16. The second-order valence-corrected chi connectivity index (χ2v) is 7.19. The molecule has 0 bridgehead atoms. The molecule has 1 heterocycles. The van der Waals surface area contributed by atoms with Crippen molar-refractivity contribution in [1.29, 1.82) is 0 Å². The number of hydrogen-bond acceptors (Lipinski definition) is 3. The fourth-order valence-corrected chi connectivity index (χ4v) is 3.71. The van der Waals surface area contributed by atoms with Gasteiger partial charge in [-0.05, 0) is 53.3 Å². The van der Waals surface area contributed by atoms with Gasteiger partial charge in [0.05, 0.1) is 6.61 Å². The summed E-state index contributed by atoms with van der Waals surface area (Å²) in [6, 6.07) is 11.7. The summed E-state index contributed by atoms with van der Waals surface area (Å²) in [5.41, 5.74) is 2.56. The molecule has 3 unspecified atom stereocenters. The Morgan fingerprint density at radius 3 is 2.85 bits per heavy atom. The molecule has 1 aliphatic heterocycles. The number of amides is 1. The van der Waals surface area contributed by atoms with E-state index in [0.29, 0.717) is 23.6 Å². The van der Waals surface area contributed by atoms with E-state index >= 15 is 0 Å². The number of nitrogens with one attached hydrogen (secondary N) is 1. The van der Waals surface area contributed by atoms with Crippen LogP contribution in [0.2, 0.25) is 5.02 Å². The molecule has 3 atom stereocenters. The first-order chi connectivity index (χ1) is 12.5. The molecular weight excluding hydrogens is 354 g/mol. The Hall–Kier alpha value is -2.53. The number of halogens is 1. The Labute approximate surface area is 155 Å². The minimum Gasteiger partial charge on any atom is -0.493 e. The first kappa shape index (κ1) is 16.9. The van der Waals surface area contributed by atoms with Crippen LogP contribution in [0, 0.1) is 5.92 Å². The molecule has 2 aromatic rings. The lowest BCUT2D eigenvalue weighted by molar-refractivity contribution is -0.142. The standard InChI is InChI=1S/C20H18ClNO4/c21-14-3-1-2-11(9-14)15-10-16(15)19(23)22-18(20(24)25)13-4-5-17-12(8-13)6-7-26-17/h1-5,8-9,15-16,18H,6-7,10H2,(H,22,23)(H,24,25). The molecule has 0 aromatic heterocycles. The second-order valence-electron chi connectivity index (χ2n) is 6.75. The lowest BCUT2D eigenvalue weighted by Crippen LogP contribution is -2.35. The third-order valence-electron chi connectivity index (χ3n) is 4.98. The number of rotatable bonds is 5. The van der Waals surface area contributed by atoms with E-state index in [9.17, 15) is 14.7 Å². The van der Waals surface area contributed by atoms with Crippen molar-refractivity contribution in [2.45, 2.75) is 24.8 Å². The molecule has 1 amide bonds. The third-order valence-corrected chi connectivity index (χ3v) is 5.22. The molecule has 1 fully saturated rings. The molecule has 1 saturated carbocycles. The highest BCUT2D eigenvalue weighted by molar-refractivity contribution is 6.30. The maximum Gasteiger partial charge on any atom is 0.330 e. The van der Waals surface area contributed by atoms with Gasteiger partial charge < -0.3 is 15.2 Å². The van der Waals surface area contributed by atoms with Crippen LogP contribution in [0.15, 0.2) is 42.5 Å². The van der Waals surface area contributed by atoms with Gasteiger partial charge in [-0.2, -0.15) is 0 Å². The van der Waals surface area contributed by atoms with Crippen LogP contribution in [0.5, 0.6) is 5.75 Å². The van der Waals surface area contributed by atoms with Crippen molar-refractivity contribution in [2.24, 2.45) is 5.92 Å². The monoisotopic (exact) mass is 371 g/mol. The summed E-state index contributed by atoms with van der Waals surface area (Å²) in [5, 5.41) is 12.9. The maximum atomic E-state index is 12.6. The Morgan fingerprint density at radius 1 is 1.23 bits per heavy atom. The van der Waals surface area contributed by atoms with Crippen LogP contribution in [0.3, 0.4) is 0 Å². The molecule has 6 heteroatoms. The lowest BCUT2D eigenvalue weighted by atomic mass is 10.0. The van der Waals surface area contributed by atoms with E-state index in [0.717, 1.165) is 23.3 Å². The van der Waals surface area contributed by atoms with Gasteiger partial charge in [0.2, 0.25) is 5.91 Å². The number of carbonyl (C=O) groups excluding carboxylic acids is 1. The number of benzene rings is 2. The topological polar surface area (TPSA) is 75.6 Å². The molecule has 1 aliphatic carbocycles. The number of carboxylic acid groups (broad SMARTS) is 1. The summed E-state index contributed by atoms with van der Waals surface area (Å²) in [6.45, 7) is 0.603. The summed E-state index contributed by atoms with van der Waals surface area (Å²) in [7, 11) is 0. The van der Waals surface area contributed by atoms with E-state index in [1.807, 2.05) is 24.3 Å². The number of aliphatic carboxylic acids is 1. The minimum atomic E-state index is -1.07. The predicted molar refractivity (Wildman–Crippen MR) is 96.5 cm³/mol. The highest BCUT2D eigenvalue weighted by atomic mass is 35.5. The fraction of sp³-hybridized carbons (Fsp3) is 0.300. The molecule has 4 rings (SSSR count). The van der Waals surface area contributed by atoms with Crippen molar-refractivity contribution in [2.75, 3.05) is 6.61 Å². The number of hydrogen-bond donors (Lipinski definition) is 2. The molecular formula is C20H18ClNO4. The molecule has 0 spiro atoms. The van der Waals surface area contributed by atoms with Crippen LogP contribution in [-0.2, 0) is 16.0 Å². The smallest absolute Gasteiger partial charge is 0.330 e. The normalized spacial score (nSPS) is 21.4. The van der Waals surface area contributed by atoms with Gasteiger partial charge >= 0.3 is 5.97 Å². The molecule has 2 aliphatic rings. The molecule has 2 N–H and O–H groups in total. The van der Waals surface area contributed by atoms with E-state index in [1.54, 1.807) is 18.2 Å². The average Bonchev–Trinajstić information content (AvgIpc) is 3.29. The quantitative estimate of drug-likeness (QED) is 0.845. The summed E-state index contributed by atoms with van der Waals surface area (Å²) in [4.78, 5) is 24.3. The molecule has 0 saturated heterocycles. The summed E-state index contributed by atoms with van der Waals surface area (Å²) >= 11 is 6.01. The van der Waals surface area contributed by atoms with Crippen LogP contribution in [0.25, 0.3) is 0 Å². The number of carbonyl (C=O) groups is 2. The average molecular weight is 372 g/mol. The van der Waals surface area contributed by atoms with E-state index in [4.69, 9.17) is 16.3 Å². The van der Waals surface area contributed by atoms with Crippen molar-refractivity contribution in [3.8, 4) is 5.75 Å². The third kappa shape index (κ3) is 3.27. The van der Waals surface area contributed by atoms with Crippen LogP contribution in [0.4, 0.5) is 0 Å². The minimum absolute atomic E-state index is 0.0940. The van der Waals surface area contributed by atoms with Gasteiger partial charge in [0, 0.05) is 17.4 Å². The van der Waals surface area contributed by atoms with Gasteiger partial charge in [-0.15, -0.1) is 0 Å². The summed E-state index contributed by atoms with van der Waals surface area (Å²) < 4.78 is 5.45. The first-order valence-electron chi connectivity index (χ1n) is 8.57. The summed E-state index contributed by atoms with van der Waals surface area (Å²) in [5.74, 6) is -0.645. The highest BCUT2D eigenvalue weighted by Gasteiger charge is 2.45. The van der Waals surface area contributed by atoms with Crippen LogP contribution < -0.4 is 10.1 Å². The Kier molecular flexibility index (Phi) is 4.32. The number of ether oxygens (including phenoxy) is 1. The van der Waals surface area contributed by atoms with Gasteiger partial charge in [0.1, 0.15) is 5.75 Å². The zero-order chi connectivity index (χ0) is 18.3. The fourth-order valence-electron chi connectivity index (χ4n) is 3.51. The van der Waals surface area contributed by atoms with Gasteiger partial charge in [0.15, 0.2) is 6.04 Å². The molecule has 5 nitrogen and oxygen atoms in total. The molecule has 0 radical (unpaired) electrons. The van der Waals surface area contributed by atoms with Crippen molar-refractivity contribution in [3.63, 3.8) is 0 Å².